The van der Waals surface area contributed by atoms with Crippen LogP contribution in [0.4, 0.5) is 0 Å². The van der Waals surface area contributed by atoms with Gasteiger partial charge in [0.15, 0.2) is 5.78 Å². The molecule has 0 saturated heterocycles. The third kappa shape index (κ3) is 1.22. The number of aryl methyl sites for hydroxylation is 2. The summed E-state index contributed by atoms with van der Waals surface area (Å²) in [6.07, 6.45) is 4.00. The zero-order valence-electron chi connectivity index (χ0n) is 11.1. The highest BCUT2D eigenvalue weighted by Gasteiger charge is 2.17. The van der Waals surface area contributed by atoms with Crippen molar-refractivity contribution in [2.45, 2.75) is 27.7 Å². The SMILES string of the molecule is CC(=O)c1c(C)c(C)c2c3ccc(C)n3ccn12. The minimum absolute atomic E-state index is 0.114. The first-order chi connectivity index (χ1) is 8.52. The number of Topliss-reactive ketones (excluding diaryl/α,β-unsaturated/α-hetero) is 1. The monoisotopic (exact) mass is 240 g/mol. The minimum atomic E-state index is 0.114. The van der Waals surface area contributed by atoms with Crippen LogP contribution in [0.1, 0.15) is 34.2 Å². The van der Waals surface area contributed by atoms with Crippen LogP contribution < -0.4 is 0 Å². The fourth-order valence-corrected chi connectivity index (χ4v) is 2.80. The van der Waals surface area contributed by atoms with Crippen LogP contribution in [0.15, 0.2) is 24.5 Å². The van der Waals surface area contributed by atoms with Crippen molar-refractivity contribution < 1.29 is 4.79 Å². The predicted molar refractivity (Wildman–Crippen MR) is 72.6 cm³/mol. The van der Waals surface area contributed by atoms with Crippen LogP contribution >= 0.6 is 0 Å². The summed E-state index contributed by atoms with van der Waals surface area (Å²) in [6.45, 7) is 7.81. The van der Waals surface area contributed by atoms with E-state index in [0.717, 1.165) is 22.3 Å². The van der Waals surface area contributed by atoms with Crippen molar-refractivity contribution in [3.8, 4) is 0 Å². The maximum atomic E-state index is 11.8. The van der Waals surface area contributed by atoms with E-state index in [4.69, 9.17) is 0 Å². The van der Waals surface area contributed by atoms with Gasteiger partial charge in [-0.1, -0.05) is 0 Å². The second-order valence-electron chi connectivity index (χ2n) is 4.90. The lowest BCUT2D eigenvalue weighted by molar-refractivity contribution is 0.101. The number of carbonyl (C=O) groups is 1. The Morgan fingerprint density at radius 2 is 1.67 bits per heavy atom. The molecule has 3 heteroatoms. The lowest BCUT2D eigenvalue weighted by Gasteiger charge is -2.04. The van der Waals surface area contributed by atoms with Gasteiger partial charge in [-0.15, -0.1) is 0 Å². The molecular formula is C15H16N2O. The number of nitrogens with zero attached hydrogens (tertiary/aromatic N) is 2. The predicted octanol–water partition coefficient (Wildman–Crippen LogP) is 3.32. The summed E-state index contributed by atoms with van der Waals surface area (Å²) in [5.41, 5.74) is 6.55. The first-order valence-corrected chi connectivity index (χ1v) is 6.11. The highest BCUT2D eigenvalue weighted by molar-refractivity contribution is 5.98. The molecule has 0 saturated carbocycles. The highest BCUT2D eigenvalue weighted by Crippen LogP contribution is 2.27. The minimum Gasteiger partial charge on any atom is -0.318 e. The van der Waals surface area contributed by atoms with Gasteiger partial charge in [-0.25, -0.2) is 0 Å². The third-order valence-corrected chi connectivity index (χ3v) is 3.82. The number of hydrogen-bond donors (Lipinski definition) is 0. The smallest absolute Gasteiger partial charge is 0.176 e. The van der Waals surface area contributed by atoms with Gasteiger partial charge in [-0.2, -0.15) is 0 Å². The second kappa shape index (κ2) is 3.48. The van der Waals surface area contributed by atoms with Crippen LogP contribution in [0.25, 0.3) is 11.0 Å². The summed E-state index contributed by atoms with van der Waals surface area (Å²) in [5.74, 6) is 0.114. The van der Waals surface area contributed by atoms with E-state index in [1.807, 2.05) is 23.7 Å². The van der Waals surface area contributed by atoms with E-state index in [-0.39, 0.29) is 5.78 Å². The molecule has 0 aliphatic carbocycles. The molecule has 18 heavy (non-hydrogen) atoms. The number of rotatable bonds is 1. The lowest BCUT2D eigenvalue weighted by atomic mass is 10.1. The molecule has 3 aromatic heterocycles. The molecule has 0 N–H and O–H groups in total. The van der Waals surface area contributed by atoms with E-state index in [2.05, 4.69) is 30.4 Å². The van der Waals surface area contributed by atoms with Crippen LogP contribution in [0.5, 0.6) is 0 Å². The van der Waals surface area contributed by atoms with E-state index in [0.29, 0.717) is 0 Å². The number of ketones is 1. The topological polar surface area (TPSA) is 25.9 Å². The largest absolute Gasteiger partial charge is 0.318 e. The molecule has 0 atom stereocenters. The average Bonchev–Trinajstić information content (AvgIpc) is 2.80. The normalized spacial score (nSPS) is 11.6. The summed E-state index contributed by atoms with van der Waals surface area (Å²) in [7, 11) is 0. The van der Waals surface area contributed by atoms with E-state index in [9.17, 15) is 4.79 Å². The first-order valence-electron chi connectivity index (χ1n) is 6.11. The van der Waals surface area contributed by atoms with Gasteiger partial charge in [0.2, 0.25) is 0 Å². The van der Waals surface area contributed by atoms with Crippen LogP contribution in [0.2, 0.25) is 0 Å². The van der Waals surface area contributed by atoms with Gasteiger partial charge in [0.05, 0.1) is 16.7 Å². The lowest BCUT2D eigenvalue weighted by Crippen LogP contribution is -2.01. The molecular weight excluding hydrogens is 224 g/mol. The number of aromatic nitrogens is 2. The number of hydrogen-bond acceptors (Lipinski definition) is 1. The van der Waals surface area contributed by atoms with E-state index >= 15 is 0 Å². The Kier molecular flexibility index (Phi) is 2.14. The van der Waals surface area contributed by atoms with Crippen molar-refractivity contribution in [3.63, 3.8) is 0 Å². The van der Waals surface area contributed by atoms with Crippen LogP contribution in [0.3, 0.4) is 0 Å². The van der Waals surface area contributed by atoms with Crippen LogP contribution in [0, 0.1) is 20.8 Å². The molecule has 3 nitrogen and oxygen atoms in total. The van der Waals surface area contributed by atoms with Gasteiger partial charge in [0.1, 0.15) is 0 Å². The molecule has 0 aromatic carbocycles. The maximum Gasteiger partial charge on any atom is 0.176 e. The quantitative estimate of drug-likeness (QED) is 0.599. The summed E-state index contributed by atoms with van der Waals surface area (Å²) in [5, 5.41) is 0. The van der Waals surface area contributed by atoms with Gasteiger partial charge in [-0.3, -0.25) is 4.79 Å². The molecule has 0 radical (unpaired) electrons. The third-order valence-electron chi connectivity index (χ3n) is 3.82. The molecule has 3 heterocycles. The average molecular weight is 240 g/mol. The van der Waals surface area contributed by atoms with Crippen LogP contribution in [-0.2, 0) is 0 Å². The standard InChI is InChI=1S/C15H16N2O/c1-9-5-6-13-15-11(3)10(2)14(12(4)18)17(15)8-7-16(9)13/h5-8H,1-4H3. The Morgan fingerprint density at radius 3 is 2.33 bits per heavy atom. The van der Waals surface area contributed by atoms with Gasteiger partial charge in [0, 0.05) is 25.0 Å². The molecule has 92 valence electrons. The fraction of sp³-hybridized carbons (Fsp3) is 0.267. The maximum absolute atomic E-state index is 11.8. The van der Waals surface area contributed by atoms with Gasteiger partial charge >= 0.3 is 0 Å². The van der Waals surface area contributed by atoms with Gasteiger partial charge in [-0.05, 0) is 44.0 Å². The van der Waals surface area contributed by atoms with E-state index in [1.165, 1.54) is 11.3 Å². The Bertz CT molecular complexity index is 790. The fourth-order valence-electron chi connectivity index (χ4n) is 2.80. The molecule has 0 fully saturated rings. The summed E-state index contributed by atoms with van der Waals surface area (Å²) in [4.78, 5) is 11.8. The number of fused-ring (bicyclic) bond motifs is 3. The molecule has 0 aliphatic rings. The van der Waals surface area contributed by atoms with Crippen molar-refractivity contribution in [1.82, 2.24) is 8.80 Å². The van der Waals surface area contributed by atoms with Crippen LogP contribution in [-0.4, -0.2) is 14.6 Å². The Labute approximate surface area is 106 Å². The Hall–Kier alpha value is -2.03. The Balaban J connectivity index is 2.60. The molecule has 0 bridgehead atoms. The molecule has 3 aromatic rings. The molecule has 3 rings (SSSR count). The summed E-state index contributed by atoms with van der Waals surface area (Å²) in [6, 6.07) is 4.21. The van der Waals surface area contributed by atoms with Crippen molar-refractivity contribution in [2.24, 2.45) is 0 Å². The zero-order valence-corrected chi connectivity index (χ0v) is 11.1. The molecule has 0 unspecified atom stereocenters. The molecule has 0 amide bonds. The Morgan fingerprint density at radius 1 is 1.00 bits per heavy atom. The summed E-state index contributed by atoms with van der Waals surface area (Å²) < 4.78 is 4.17. The highest BCUT2D eigenvalue weighted by atomic mass is 16.1. The van der Waals surface area contributed by atoms with E-state index in [1.54, 1.807) is 6.92 Å². The van der Waals surface area contributed by atoms with Crippen molar-refractivity contribution in [1.29, 1.82) is 0 Å². The van der Waals surface area contributed by atoms with Crippen molar-refractivity contribution in [2.75, 3.05) is 0 Å². The molecule has 0 aliphatic heterocycles. The van der Waals surface area contributed by atoms with Crippen molar-refractivity contribution >= 4 is 16.8 Å². The first kappa shape index (κ1) is 11.1. The zero-order chi connectivity index (χ0) is 13.0. The second-order valence-corrected chi connectivity index (χ2v) is 4.90. The van der Waals surface area contributed by atoms with Crippen molar-refractivity contribution in [3.05, 3.63) is 47.0 Å². The van der Waals surface area contributed by atoms with Gasteiger partial charge in [0.25, 0.3) is 0 Å². The van der Waals surface area contributed by atoms with E-state index < -0.39 is 0 Å². The number of carbonyl (C=O) groups excluding carboxylic acids is 1. The van der Waals surface area contributed by atoms with Gasteiger partial charge < -0.3 is 8.80 Å². The summed E-state index contributed by atoms with van der Waals surface area (Å²) >= 11 is 0. The molecule has 0 spiro atoms.